The molecule has 1 rings (SSSR count). The molecule has 2 atom stereocenters. The fourth-order valence-corrected chi connectivity index (χ4v) is 2.01. The van der Waals surface area contributed by atoms with Gasteiger partial charge in [0.05, 0.1) is 6.10 Å². The Morgan fingerprint density at radius 3 is 2.46 bits per heavy atom. The van der Waals surface area contributed by atoms with Crippen LogP contribution in [0.5, 0.6) is 0 Å². The van der Waals surface area contributed by atoms with E-state index in [-0.39, 0.29) is 0 Å². The summed E-state index contributed by atoms with van der Waals surface area (Å²) < 4.78 is 5.40. The van der Waals surface area contributed by atoms with Crippen LogP contribution in [0.2, 0.25) is 0 Å². The third kappa shape index (κ3) is 2.23. The van der Waals surface area contributed by atoms with E-state index in [9.17, 15) is 0 Å². The van der Waals surface area contributed by atoms with E-state index in [1.165, 1.54) is 0 Å². The Morgan fingerprint density at radius 2 is 2.08 bits per heavy atom. The van der Waals surface area contributed by atoms with Crippen LogP contribution in [0.25, 0.3) is 0 Å². The highest BCUT2D eigenvalue weighted by Crippen LogP contribution is 2.42. The van der Waals surface area contributed by atoms with Gasteiger partial charge in [0.1, 0.15) is 0 Å². The minimum Gasteiger partial charge on any atom is -0.381 e. The van der Waals surface area contributed by atoms with Crippen molar-refractivity contribution in [3.8, 4) is 0 Å². The zero-order valence-corrected chi connectivity index (χ0v) is 9.55. The standard InChI is InChI=1S/C11H23NO/c1-8(2)7-12-9-6-10(13-5)11(9,3)4/h8-10,12H,6-7H2,1-5H3. The molecule has 0 aromatic rings. The summed E-state index contributed by atoms with van der Waals surface area (Å²) in [5.74, 6) is 0.734. The number of hydrogen-bond acceptors (Lipinski definition) is 2. The second-order valence-electron chi connectivity index (χ2n) is 5.14. The molecule has 0 spiro atoms. The minimum absolute atomic E-state index is 0.309. The van der Waals surface area contributed by atoms with Gasteiger partial charge in [0, 0.05) is 18.6 Å². The van der Waals surface area contributed by atoms with Crippen LogP contribution < -0.4 is 5.32 Å². The summed E-state index contributed by atoms with van der Waals surface area (Å²) in [6.45, 7) is 10.2. The van der Waals surface area contributed by atoms with E-state index in [2.05, 4.69) is 33.0 Å². The third-order valence-corrected chi connectivity index (χ3v) is 3.23. The lowest BCUT2D eigenvalue weighted by Gasteiger charge is -2.51. The fourth-order valence-electron chi connectivity index (χ4n) is 2.01. The van der Waals surface area contributed by atoms with Crippen molar-refractivity contribution in [3.05, 3.63) is 0 Å². The van der Waals surface area contributed by atoms with Gasteiger partial charge in [-0.3, -0.25) is 0 Å². The van der Waals surface area contributed by atoms with Gasteiger partial charge in [0.15, 0.2) is 0 Å². The van der Waals surface area contributed by atoms with Crippen molar-refractivity contribution in [2.24, 2.45) is 11.3 Å². The Balaban J connectivity index is 2.31. The lowest BCUT2D eigenvalue weighted by atomic mass is 9.64. The SMILES string of the molecule is COC1CC(NCC(C)C)C1(C)C. The number of hydrogen-bond donors (Lipinski definition) is 1. The molecular weight excluding hydrogens is 162 g/mol. The van der Waals surface area contributed by atoms with Gasteiger partial charge < -0.3 is 10.1 Å². The predicted octanol–water partition coefficient (Wildman–Crippen LogP) is 2.05. The topological polar surface area (TPSA) is 21.3 Å². The van der Waals surface area contributed by atoms with Crippen LogP contribution in [-0.2, 0) is 4.74 Å². The molecule has 1 aliphatic carbocycles. The van der Waals surface area contributed by atoms with Gasteiger partial charge in [-0.05, 0) is 18.9 Å². The van der Waals surface area contributed by atoms with Crippen molar-refractivity contribution < 1.29 is 4.74 Å². The Bertz CT molecular complexity index is 165. The van der Waals surface area contributed by atoms with E-state index >= 15 is 0 Å². The summed E-state index contributed by atoms with van der Waals surface area (Å²) >= 11 is 0. The van der Waals surface area contributed by atoms with Crippen molar-refractivity contribution in [1.29, 1.82) is 0 Å². The first-order valence-electron chi connectivity index (χ1n) is 5.24. The smallest absolute Gasteiger partial charge is 0.0652 e. The molecular formula is C11H23NO. The van der Waals surface area contributed by atoms with Crippen LogP contribution in [0.3, 0.4) is 0 Å². The minimum atomic E-state index is 0.309. The fraction of sp³-hybridized carbons (Fsp3) is 1.00. The molecule has 2 heteroatoms. The molecule has 0 aromatic heterocycles. The second-order valence-corrected chi connectivity index (χ2v) is 5.14. The first kappa shape index (κ1) is 11.0. The number of methoxy groups -OCH3 is 1. The Hall–Kier alpha value is -0.0800. The van der Waals surface area contributed by atoms with Crippen molar-refractivity contribution in [2.75, 3.05) is 13.7 Å². The summed E-state index contributed by atoms with van der Waals surface area (Å²) in [6, 6.07) is 0.639. The molecule has 1 aliphatic rings. The molecule has 0 amide bonds. The quantitative estimate of drug-likeness (QED) is 0.723. The molecule has 0 aromatic carbocycles. The average Bonchev–Trinajstić information content (AvgIpc) is 2.02. The largest absolute Gasteiger partial charge is 0.381 e. The third-order valence-electron chi connectivity index (χ3n) is 3.23. The molecule has 0 aliphatic heterocycles. The lowest BCUT2D eigenvalue weighted by molar-refractivity contribution is -0.0978. The molecule has 2 unspecified atom stereocenters. The van der Waals surface area contributed by atoms with Crippen molar-refractivity contribution in [1.82, 2.24) is 5.32 Å². The molecule has 1 saturated carbocycles. The van der Waals surface area contributed by atoms with Crippen molar-refractivity contribution in [3.63, 3.8) is 0 Å². The van der Waals surface area contributed by atoms with Crippen LogP contribution in [0.1, 0.15) is 34.1 Å². The lowest BCUT2D eigenvalue weighted by Crippen LogP contribution is -2.61. The Labute approximate surface area is 82.0 Å². The highest BCUT2D eigenvalue weighted by molar-refractivity contribution is 5.02. The van der Waals surface area contributed by atoms with E-state index in [4.69, 9.17) is 4.74 Å². The van der Waals surface area contributed by atoms with Gasteiger partial charge in [-0.15, -0.1) is 0 Å². The molecule has 0 bridgehead atoms. The maximum absolute atomic E-state index is 5.40. The highest BCUT2D eigenvalue weighted by Gasteiger charge is 2.48. The monoisotopic (exact) mass is 185 g/mol. The predicted molar refractivity (Wildman–Crippen MR) is 55.8 cm³/mol. The van der Waals surface area contributed by atoms with E-state index in [1.54, 1.807) is 0 Å². The van der Waals surface area contributed by atoms with Crippen LogP contribution >= 0.6 is 0 Å². The summed E-state index contributed by atoms with van der Waals surface area (Å²) in [7, 11) is 1.81. The zero-order valence-electron chi connectivity index (χ0n) is 9.55. The maximum atomic E-state index is 5.40. The average molecular weight is 185 g/mol. The Morgan fingerprint density at radius 1 is 1.46 bits per heavy atom. The Kier molecular flexibility index (Phi) is 3.36. The van der Waals surface area contributed by atoms with Crippen LogP contribution in [0, 0.1) is 11.3 Å². The van der Waals surface area contributed by atoms with Gasteiger partial charge in [0.2, 0.25) is 0 Å². The van der Waals surface area contributed by atoms with E-state index in [0.29, 0.717) is 17.6 Å². The number of nitrogens with one attached hydrogen (secondary N) is 1. The van der Waals surface area contributed by atoms with Gasteiger partial charge in [-0.1, -0.05) is 27.7 Å². The summed E-state index contributed by atoms with van der Waals surface area (Å²) in [4.78, 5) is 0. The molecule has 0 heterocycles. The second kappa shape index (κ2) is 3.97. The normalized spacial score (nSPS) is 31.8. The summed E-state index contributed by atoms with van der Waals surface area (Å²) in [5, 5.41) is 3.59. The molecule has 2 nitrogen and oxygen atoms in total. The van der Waals surface area contributed by atoms with Crippen LogP contribution in [0.4, 0.5) is 0 Å². The van der Waals surface area contributed by atoms with Crippen LogP contribution in [-0.4, -0.2) is 25.8 Å². The molecule has 1 N–H and O–H groups in total. The van der Waals surface area contributed by atoms with Gasteiger partial charge in [0.25, 0.3) is 0 Å². The summed E-state index contributed by atoms with van der Waals surface area (Å²) in [5.41, 5.74) is 0.309. The molecule has 13 heavy (non-hydrogen) atoms. The zero-order chi connectivity index (χ0) is 10.1. The molecule has 78 valence electrons. The highest BCUT2D eigenvalue weighted by atomic mass is 16.5. The van der Waals surface area contributed by atoms with Gasteiger partial charge in [-0.2, -0.15) is 0 Å². The molecule has 1 fully saturated rings. The number of ether oxygens (including phenoxy) is 1. The first-order chi connectivity index (χ1) is 5.98. The first-order valence-corrected chi connectivity index (χ1v) is 5.24. The van der Waals surface area contributed by atoms with Crippen LogP contribution in [0.15, 0.2) is 0 Å². The van der Waals surface area contributed by atoms with Gasteiger partial charge in [-0.25, -0.2) is 0 Å². The van der Waals surface area contributed by atoms with E-state index in [0.717, 1.165) is 18.9 Å². The van der Waals surface area contributed by atoms with Crippen molar-refractivity contribution in [2.45, 2.75) is 46.3 Å². The molecule has 0 saturated heterocycles. The molecule has 0 radical (unpaired) electrons. The maximum Gasteiger partial charge on any atom is 0.0652 e. The van der Waals surface area contributed by atoms with Crippen molar-refractivity contribution >= 4 is 0 Å². The van der Waals surface area contributed by atoms with Gasteiger partial charge >= 0.3 is 0 Å². The number of rotatable bonds is 4. The summed E-state index contributed by atoms with van der Waals surface area (Å²) in [6.07, 6.45) is 1.60. The van der Waals surface area contributed by atoms with E-state index < -0.39 is 0 Å². The van der Waals surface area contributed by atoms with E-state index in [1.807, 2.05) is 7.11 Å².